The fourth-order valence-electron chi connectivity index (χ4n) is 3.93. The first kappa shape index (κ1) is 15.0. The van der Waals surface area contributed by atoms with E-state index in [1.807, 2.05) is 0 Å². The molecular formula is C18H28N2O. The van der Waals surface area contributed by atoms with E-state index in [4.69, 9.17) is 5.11 Å². The zero-order chi connectivity index (χ0) is 14.5. The fourth-order valence-corrected chi connectivity index (χ4v) is 3.93. The Hall–Kier alpha value is -0.900. The number of rotatable bonds is 4. The Labute approximate surface area is 128 Å². The molecule has 1 aliphatic heterocycles. The molecule has 0 amide bonds. The van der Waals surface area contributed by atoms with E-state index in [0.717, 1.165) is 19.5 Å². The molecular weight excluding hydrogens is 260 g/mol. The summed E-state index contributed by atoms with van der Waals surface area (Å²) >= 11 is 0. The Morgan fingerprint density at radius 3 is 2.86 bits per heavy atom. The molecule has 0 aromatic heterocycles. The van der Waals surface area contributed by atoms with Crippen molar-refractivity contribution in [2.24, 2.45) is 0 Å². The van der Waals surface area contributed by atoms with Crippen LogP contribution in [0.2, 0.25) is 0 Å². The van der Waals surface area contributed by atoms with E-state index in [-0.39, 0.29) is 0 Å². The van der Waals surface area contributed by atoms with Gasteiger partial charge in [-0.3, -0.25) is 4.90 Å². The molecule has 3 rings (SSSR count). The van der Waals surface area contributed by atoms with Gasteiger partial charge in [0.2, 0.25) is 0 Å². The number of aliphatic hydroxyl groups excluding tert-OH is 1. The molecule has 1 N–H and O–H groups in total. The standard InChI is InChI=1S/C18H28N2O/c21-15-5-11-19-10-4-12-20(14-13-19)18-9-3-7-16-6-1-2-8-17(16)18/h1-2,6,8,18,21H,3-5,7,9-15H2/t18-/m1/s1. The minimum atomic E-state index is 0.316. The van der Waals surface area contributed by atoms with Crippen LogP contribution in [0.3, 0.4) is 0 Å². The minimum absolute atomic E-state index is 0.316. The first-order valence-electron chi connectivity index (χ1n) is 8.53. The van der Waals surface area contributed by atoms with Gasteiger partial charge in [-0.1, -0.05) is 24.3 Å². The van der Waals surface area contributed by atoms with Gasteiger partial charge in [-0.2, -0.15) is 0 Å². The molecule has 1 aliphatic carbocycles. The predicted molar refractivity (Wildman–Crippen MR) is 86.5 cm³/mol. The molecule has 1 aromatic carbocycles. The fraction of sp³-hybridized carbons (Fsp3) is 0.667. The van der Waals surface area contributed by atoms with Gasteiger partial charge in [-0.25, -0.2) is 0 Å². The Balaban J connectivity index is 1.65. The Morgan fingerprint density at radius 2 is 1.95 bits per heavy atom. The normalized spacial score (nSPS) is 24.5. The third-order valence-electron chi connectivity index (χ3n) is 5.03. The van der Waals surface area contributed by atoms with Crippen LogP contribution in [0.4, 0.5) is 0 Å². The summed E-state index contributed by atoms with van der Waals surface area (Å²) in [7, 11) is 0. The van der Waals surface area contributed by atoms with Crippen LogP contribution in [0, 0.1) is 0 Å². The van der Waals surface area contributed by atoms with Gasteiger partial charge in [0.25, 0.3) is 0 Å². The molecule has 3 nitrogen and oxygen atoms in total. The highest BCUT2D eigenvalue weighted by Crippen LogP contribution is 2.34. The van der Waals surface area contributed by atoms with Crippen molar-refractivity contribution in [3.63, 3.8) is 0 Å². The summed E-state index contributed by atoms with van der Waals surface area (Å²) in [4.78, 5) is 5.22. The molecule has 1 atom stereocenters. The van der Waals surface area contributed by atoms with Gasteiger partial charge in [0.1, 0.15) is 0 Å². The van der Waals surface area contributed by atoms with Gasteiger partial charge in [0.05, 0.1) is 0 Å². The maximum absolute atomic E-state index is 9.00. The minimum Gasteiger partial charge on any atom is -0.396 e. The van der Waals surface area contributed by atoms with E-state index in [1.165, 1.54) is 45.3 Å². The van der Waals surface area contributed by atoms with Gasteiger partial charge in [-0.15, -0.1) is 0 Å². The summed E-state index contributed by atoms with van der Waals surface area (Å²) in [6, 6.07) is 9.66. The first-order chi connectivity index (χ1) is 10.4. The summed E-state index contributed by atoms with van der Waals surface area (Å²) < 4.78 is 0. The van der Waals surface area contributed by atoms with Crippen LogP contribution >= 0.6 is 0 Å². The van der Waals surface area contributed by atoms with E-state index in [9.17, 15) is 0 Å². The van der Waals surface area contributed by atoms with Crippen molar-refractivity contribution in [2.75, 3.05) is 39.3 Å². The van der Waals surface area contributed by atoms with Crippen LogP contribution in [0.5, 0.6) is 0 Å². The predicted octanol–water partition coefficient (Wildman–Crippen LogP) is 2.45. The lowest BCUT2D eigenvalue weighted by atomic mass is 9.87. The van der Waals surface area contributed by atoms with Crippen LogP contribution in [0.1, 0.15) is 42.9 Å². The monoisotopic (exact) mass is 288 g/mol. The van der Waals surface area contributed by atoms with Crippen molar-refractivity contribution >= 4 is 0 Å². The van der Waals surface area contributed by atoms with Crippen molar-refractivity contribution in [1.82, 2.24) is 9.80 Å². The maximum Gasteiger partial charge on any atom is 0.0443 e. The molecule has 1 aromatic rings. The summed E-state index contributed by atoms with van der Waals surface area (Å²) in [5.41, 5.74) is 3.14. The van der Waals surface area contributed by atoms with Crippen LogP contribution in [0.25, 0.3) is 0 Å². The second-order valence-electron chi connectivity index (χ2n) is 6.42. The third kappa shape index (κ3) is 3.65. The average Bonchev–Trinajstić information content (AvgIpc) is 2.78. The van der Waals surface area contributed by atoms with Gasteiger partial charge >= 0.3 is 0 Å². The largest absolute Gasteiger partial charge is 0.396 e. The molecule has 21 heavy (non-hydrogen) atoms. The lowest BCUT2D eigenvalue weighted by Crippen LogP contribution is -2.35. The highest BCUT2D eigenvalue weighted by molar-refractivity contribution is 5.32. The quantitative estimate of drug-likeness (QED) is 0.922. The van der Waals surface area contributed by atoms with Gasteiger partial charge in [0, 0.05) is 38.8 Å². The lowest BCUT2D eigenvalue weighted by molar-refractivity contribution is 0.178. The molecule has 0 unspecified atom stereocenters. The van der Waals surface area contributed by atoms with Crippen molar-refractivity contribution < 1.29 is 5.11 Å². The molecule has 0 saturated carbocycles. The first-order valence-corrected chi connectivity index (χ1v) is 8.53. The van der Waals surface area contributed by atoms with Crippen molar-refractivity contribution in [3.8, 4) is 0 Å². The summed E-state index contributed by atoms with van der Waals surface area (Å²) in [6.45, 7) is 6.09. The van der Waals surface area contributed by atoms with Crippen LogP contribution < -0.4 is 0 Å². The molecule has 3 heteroatoms. The lowest BCUT2D eigenvalue weighted by Gasteiger charge is -2.35. The smallest absolute Gasteiger partial charge is 0.0443 e. The number of aliphatic hydroxyl groups is 1. The highest BCUT2D eigenvalue weighted by Gasteiger charge is 2.27. The van der Waals surface area contributed by atoms with E-state index in [1.54, 1.807) is 11.1 Å². The van der Waals surface area contributed by atoms with Gasteiger partial charge in [-0.05, 0) is 49.8 Å². The molecule has 0 spiro atoms. The molecule has 0 radical (unpaired) electrons. The van der Waals surface area contributed by atoms with Crippen molar-refractivity contribution in [2.45, 2.75) is 38.1 Å². The SMILES string of the molecule is OCCCN1CCCN([C@@H]2CCCc3ccccc32)CC1. The number of benzene rings is 1. The van der Waals surface area contributed by atoms with Crippen molar-refractivity contribution in [1.29, 1.82) is 0 Å². The average molecular weight is 288 g/mol. The topological polar surface area (TPSA) is 26.7 Å². The summed E-state index contributed by atoms with van der Waals surface area (Å²) in [5, 5.41) is 9.00. The Bertz CT molecular complexity index is 449. The van der Waals surface area contributed by atoms with E-state index < -0.39 is 0 Å². The van der Waals surface area contributed by atoms with Crippen LogP contribution in [0.15, 0.2) is 24.3 Å². The summed E-state index contributed by atoms with van der Waals surface area (Å²) in [5.74, 6) is 0. The third-order valence-corrected chi connectivity index (χ3v) is 5.03. The molecule has 1 fully saturated rings. The maximum atomic E-state index is 9.00. The van der Waals surface area contributed by atoms with Crippen LogP contribution in [-0.4, -0.2) is 54.2 Å². The zero-order valence-electron chi connectivity index (χ0n) is 13.0. The molecule has 116 valence electrons. The van der Waals surface area contributed by atoms with Crippen LogP contribution in [-0.2, 0) is 6.42 Å². The Kier molecular flexibility index (Phi) is 5.28. The van der Waals surface area contributed by atoms with E-state index in [2.05, 4.69) is 34.1 Å². The number of hydrogen-bond donors (Lipinski definition) is 1. The van der Waals surface area contributed by atoms with Gasteiger partial charge in [0.15, 0.2) is 0 Å². The highest BCUT2D eigenvalue weighted by atomic mass is 16.3. The number of nitrogens with zero attached hydrogens (tertiary/aromatic N) is 2. The number of hydrogen-bond acceptors (Lipinski definition) is 3. The van der Waals surface area contributed by atoms with E-state index in [0.29, 0.717) is 12.6 Å². The Morgan fingerprint density at radius 1 is 1.05 bits per heavy atom. The number of fused-ring (bicyclic) bond motifs is 1. The zero-order valence-corrected chi connectivity index (χ0v) is 13.0. The van der Waals surface area contributed by atoms with E-state index >= 15 is 0 Å². The molecule has 1 saturated heterocycles. The number of aryl methyl sites for hydroxylation is 1. The molecule has 1 heterocycles. The van der Waals surface area contributed by atoms with Gasteiger partial charge < -0.3 is 10.0 Å². The molecule has 0 bridgehead atoms. The molecule has 2 aliphatic rings. The second-order valence-corrected chi connectivity index (χ2v) is 6.42. The summed E-state index contributed by atoms with van der Waals surface area (Å²) in [6.07, 6.45) is 6.06. The van der Waals surface area contributed by atoms with Crippen molar-refractivity contribution in [3.05, 3.63) is 35.4 Å². The second kappa shape index (κ2) is 7.39.